The van der Waals surface area contributed by atoms with Crippen molar-refractivity contribution in [1.29, 1.82) is 0 Å². The molecule has 0 aromatic heterocycles. The van der Waals surface area contributed by atoms with Gasteiger partial charge in [-0.3, -0.25) is 4.79 Å². The summed E-state index contributed by atoms with van der Waals surface area (Å²) in [6.45, 7) is 2.15. The van der Waals surface area contributed by atoms with Gasteiger partial charge in [0, 0.05) is 6.42 Å². The van der Waals surface area contributed by atoms with E-state index in [0.717, 1.165) is 57.8 Å². The fourth-order valence-corrected chi connectivity index (χ4v) is 2.09. The van der Waals surface area contributed by atoms with Crippen LogP contribution >= 0.6 is 0 Å². The fraction of sp³-hybridized carbons (Fsp3) is 0.500. The fourth-order valence-electron chi connectivity index (χ4n) is 2.09. The molecule has 134 valence electrons. The number of rotatable bonds is 15. The molecule has 0 heterocycles. The van der Waals surface area contributed by atoms with E-state index in [9.17, 15) is 4.79 Å². The van der Waals surface area contributed by atoms with Crippen LogP contribution in [0.15, 0.2) is 60.8 Å². The van der Waals surface area contributed by atoms with E-state index in [2.05, 4.69) is 67.7 Å². The normalized spacial score (nSPS) is 12.7. The molecule has 0 fully saturated rings. The zero-order valence-electron chi connectivity index (χ0n) is 15.2. The quantitative estimate of drug-likeness (QED) is 0.204. The molecule has 0 radical (unpaired) electrons. The Kier molecular flexibility index (Phi) is 17.8. The second-order valence-corrected chi connectivity index (χ2v) is 5.72. The molecule has 0 aliphatic heterocycles. The van der Waals surface area contributed by atoms with Crippen molar-refractivity contribution < 1.29 is 9.90 Å². The van der Waals surface area contributed by atoms with Crippen molar-refractivity contribution in [3.05, 3.63) is 60.8 Å². The van der Waals surface area contributed by atoms with Crippen LogP contribution in [0, 0.1) is 0 Å². The van der Waals surface area contributed by atoms with Gasteiger partial charge in [0.15, 0.2) is 0 Å². The Hall–Kier alpha value is -1.83. The molecule has 0 aliphatic carbocycles. The van der Waals surface area contributed by atoms with Crippen molar-refractivity contribution in [3.8, 4) is 0 Å². The Labute approximate surface area is 148 Å². The molecule has 0 atom stereocenters. The van der Waals surface area contributed by atoms with Crippen molar-refractivity contribution in [2.45, 2.75) is 71.1 Å². The monoisotopic (exact) mass is 330 g/mol. The van der Waals surface area contributed by atoms with Crippen LogP contribution in [-0.2, 0) is 4.79 Å². The first kappa shape index (κ1) is 22.2. The van der Waals surface area contributed by atoms with Gasteiger partial charge < -0.3 is 5.11 Å². The Morgan fingerprint density at radius 1 is 0.708 bits per heavy atom. The number of carbonyl (C=O) groups is 1. The van der Waals surface area contributed by atoms with Crippen LogP contribution < -0.4 is 0 Å². The number of unbranched alkanes of at least 4 members (excludes halogenated alkanes) is 4. The van der Waals surface area contributed by atoms with E-state index >= 15 is 0 Å². The summed E-state index contributed by atoms with van der Waals surface area (Å²) in [7, 11) is 0. The Balaban J connectivity index is 3.42. The predicted octanol–water partition coefficient (Wildman–Crippen LogP) is 6.77. The lowest BCUT2D eigenvalue weighted by Gasteiger charge is -1.95. The molecule has 24 heavy (non-hydrogen) atoms. The standard InChI is InChI=1S/C22H34O2/c1-2-3-4-5-6-7-8-9-10-11-12-13-14-15-16-17-18-19-20-21-22(23)24/h3-4,6-7,9-12,15-16H,2,5,8,13-14,17-21H2,1H3,(H,23,24). The van der Waals surface area contributed by atoms with Crippen LogP contribution in [0.1, 0.15) is 71.1 Å². The number of carboxylic acid groups (broad SMARTS) is 1. The minimum atomic E-state index is -0.688. The minimum absolute atomic E-state index is 0.299. The number of hydrogen-bond donors (Lipinski definition) is 1. The van der Waals surface area contributed by atoms with E-state index in [1.165, 1.54) is 0 Å². The molecule has 0 rings (SSSR count). The molecule has 0 amide bonds. The van der Waals surface area contributed by atoms with Crippen LogP contribution in [0.5, 0.6) is 0 Å². The van der Waals surface area contributed by atoms with Crippen molar-refractivity contribution in [3.63, 3.8) is 0 Å². The summed E-state index contributed by atoms with van der Waals surface area (Å²) >= 11 is 0. The van der Waals surface area contributed by atoms with Gasteiger partial charge in [-0.1, -0.05) is 74.1 Å². The van der Waals surface area contributed by atoms with Gasteiger partial charge in [-0.2, -0.15) is 0 Å². The Morgan fingerprint density at radius 2 is 1.33 bits per heavy atom. The van der Waals surface area contributed by atoms with Gasteiger partial charge >= 0.3 is 5.97 Å². The maximum absolute atomic E-state index is 10.4. The molecule has 0 aromatic carbocycles. The highest BCUT2D eigenvalue weighted by atomic mass is 16.4. The van der Waals surface area contributed by atoms with E-state index in [1.54, 1.807) is 0 Å². The van der Waals surface area contributed by atoms with Gasteiger partial charge in [0.1, 0.15) is 0 Å². The SMILES string of the molecule is CCC=CCC=CCC=CC=CCCC=CCCCCCC(=O)O. The number of aliphatic carboxylic acids is 1. The lowest BCUT2D eigenvalue weighted by Crippen LogP contribution is -1.93. The minimum Gasteiger partial charge on any atom is -0.481 e. The van der Waals surface area contributed by atoms with Gasteiger partial charge in [-0.05, 0) is 51.4 Å². The molecule has 0 aliphatic rings. The summed E-state index contributed by atoms with van der Waals surface area (Å²) in [6.07, 6.45) is 31.3. The lowest BCUT2D eigenvalue weighted by atomic mass is 10.1. The van der Waals surface area contributed by atoms with E-state index in [0.29, 0.717) is 6.42 Å². The maximum Gasteiger partial charge on any atom is 0.303 e. The van der Waals surface area contributed by atoms with Crippen molar-refractivity contribution >= 4 is 5.97 Å². The molecule has 2 nitrogen and oxygen atoms in total. The third-order valence-electron chi connectivity index (χ3n) is 3.42. The summed E-state index contributed by atoms with van der Waals surface area (Å²) in [5, 5.41) is 8.53. The second-order valence-electron chi connectivity index (χ2n) is 5.72. The Morgan fingerprint density at radius 3 is 2.08 bits per heavy atom. The van der Waals surface area contributed by atoms with Crippen molar-refractivity contribution in [1.82, 2.24) is 0 Å². The first-order chi connectivity index (χ1) is 11.8. The van der Waals surface area contributed by atoms with Crippen LogP contribution in [0.25, 0.3) is 0 Å². The van der Waals surface area contributed by atoms with E-state index in [-0.39, 0.29) is 0 Å². The first-order valence-electron chi connectivity index (χ1n) is 9.25. The average molecular weight is 331 g/mol. The molecule has 0 bridgehead atoms. The van der Waals surface area contributed by atoms with E-state index in [1.807, 2.05) is 0 Å². The highest BCUT2D eigenvalue weighted by Crippen LogP contribution is 2.04. The summed E-state index contributed by atoms with van der Waals surface area (Å²) in [5.74, 6) is -0.688. The summed E-state index contributed by atoms with van der Waals surface area (Å²) in [5.41, 5.74) is 0. The third kappa shape index (κ3) is 20.2. The molecule has 0 spiro atoms. The van der Waals surface area contributed by atoms with Gasteiger partial charge in [-0.15, -0.1) is 0 Å². The highest BCUT2D eigenvalue weighted by Gasteiger charge is 1.94. The molecule has 0 unspecified atom stereocenters. The second kappa shape index (κ2) is 19.2. The van der Waals surface area contributed by atoms with Gasteiger partial charge in [0.2, 0.25) is 0 Å². The third-order valence-corrected chi connectivity index (χ3v) is 3.42. The largest absolute Gasteiger partial charge is 0.481 e. The lowest BCUT2D eigenvalue weighted by molar-refractivity contribution is -0.137. The van der Waals surface area contributed by atoms with Gasteiger partial charge in [0.05, 0.1) is 0 Å². The molecular formula is C22H34O2. The smallest absolute Gasteiger partial charge is 0.303 e. The number of carboxylic acids is 1. The zero-order valence-corrected chi connectivity index (χ0v) is 15.2. The molecule has 0 saturated carbocycles. The average Bonchev–Trinajstić information content (AvgIpc) is 2.56. The van der Waals surface area contributed by atoms with Crippen LogP contribution in [0.3, 0.4) is 0 Å². The number of allylic oxidation sites excluding steroid dienone is 10. The predicted molar refractivity (Wildman–Crippen MR) is 105 cm³/mol. The Bertz CT molecular complexity index is 425. The van der Waals surface area contributed by atoms with Gasteiger partial charge in [-0.25, -0.2) is 0 Å². The van der Waals surface area contributed by atoms with Crippen LogP contribution in [0.2, 0.25) is 0 Å². The summed E-state index contributed by atoms with van der Waals surface area (Å²) in [4.78, 5) is 10.4. The highest BCUT2D eigenvalue weighted by molar-refractivity contribution is 5.66. The van der Waals surface area contributed by atoms with Crippen LogP contribution in [-0.4, -0.2) is 11.1 Å². The topological polar surface area (TPSA) is 37.3 Å². The maximum atomic E-state index is 10.4. The van der Waals surface area contributed by atoms with Crippen molar-refractivity contribution in [2.24, 2.45) is 0 Å². The molecule has 0 aromatic rings. The van der Waals surface area contributed by atoms with Gasteiger partial charge in [0.25, 0.3) is 0 Å². The van der Waals surface area contributed by atoms with Crippen molar-refractivity contribution in [2.75, 3.05) is 0 Å². The molecular weight excluding hydrogens is 296 g/mol. The first-order valence-corrected chi connectivity index (χ1v) is 9.25. The van der Waals surface area contributed by atoms with E-state index in [4.69, 9.17) is 5.11 Å². The summed E-state index contributed by atoms with van der Waals surface area (Å²) < 4.78 is 0. The summed E-state index contributed by atoms with van der Waals surface area (Å²) in [6, 6.07) is 0. The van der Waals surface area contributed by atoms with Crippen LogP contribution in [0.4, 0.5) is 0 Å². The van der Waals surface area contributed by atoms with E-state index < -0.39 is 5.97 Å². The zero-order chi connectivity index (χ0) is 17.7. The number of hydrogen-bond acceptors (Lipinski definition) is 1. The molecule has 1 N–H and O–H groups in total. The molecule has 0 saturated heterocycles. The molecule has 2 heteroatoms.